The molecular formula is C12H20ClNOSSi. The van der Waals surface area contributed by atoms with Gasteiger partial charge >= 0.3 is 0 Å². The van der Waals surface area contributed by atoms with Gasteiger partial charge in [-0.05, 0) is 30.3 Å². The Morgan fingerprint density at radius 3 is 2.06 bits per heavy atom. The molecule has 0 bridgehead atoms. The standard InChI is InChI=1S/C12H20ClNOSSi/c1-12(2,3)17(4,5)14-16(13,15)11-9-7-6-8-10-11/h6-10H,1-5H3. The lowest BCUT2D eigenvalue weighted by Gasteiger charge is -2.32. The van der Waals surface area contributed by atoms with Crippen molar-refractivity contribution in [3.8, 4) is 0 Å². The molecule has 1 rings (SSSR count). The van der Waals surface area contributed by atoms with Crippen LogP contribution in [-0.2, 0) is 8.94 Å². The van der Waals surface area contributed by atoms with E-state index in [-0.39, 0.29) is 5.04 Å². The van der Waals surface area contributed by atoms with E-state index in [2.05, 4.69) is 37.9 Å². The minimum Gasteiger partial charge on any atom is -0.261 e. The van der Waals surface area contributed by atoms with E-state index in [1.54, 1.807) is 12.1 Å². The third-order valence-electron chi connectivity index (χ3n) is 3.21. The van der Waals surface area contributed by atoms with Crippen LogP contribution >= 0.6 is 10.7 Å². The van der Waals surface area contributed by atoms with Gasteiger partial charge in [-0.3, -0.25) is 4.03 Å². The number of nitrogens with zero attached hydrogens (tertiary/aromatic N) is 1. The van der Waals surface area contributed by atoms with Gasteiger partial charge in [0, 0.05) is 10.7 Å². The lowest BCUT2D eigenvalue weighted by atomic mass is 10.2. The van der Waals surface area contributed by atoms with E-state index in [0.29, 0.717) is 4.90 Å². The molecule has 0 saturated heterocycles. The molecule has 96 valence electrons. The molecule has 0 amide bonds. The molecule has 0 heterocycles. The highest BCUT2D eigenvalue weighted by Crippen LogP contribution is 2.38. The van der Waals surface area contributed by atoms with E-state index in [9.17, 15) is 4.21 Å². The summed E-state index contributed by atoms with van der Waals surface area (Å²) < 4.78 is 17.0. The summed E-state index contributed by atoms with van der Waals surface area (Å²) in [5.74, 6) is 0. The molecule has 0 saturated carbocycles. The first-order chi connectivity index (χ1) is 7.56. The summed E-state index contributed by atoms with van der Waals surface area (Å²) in [5.41, 5.74) is 0. The van der Waals surface area contributed by atoms with E-state index in [1.807, 2.05) is 18.2 Å². The van der Waals surface area contributed by atoms with Crippen LogP contribution in [0.5, 0.6) is 0 Å². The zero-order valence-electron chi connectivity index (χ0n) is 11.0. The van der Waals surface area contributed by atoms with Gasteiger partial charge in [-0.15, -0.1) is 0 Å². The first-order valence-corrected chi connectivity index (χ1v) is 10.9. The molecule has 5 heteroatoms. The third-order valence-corrected chi connectivity index (χ3v) is 11.7. The minimum absolute atomic E-state index is 0.0410. The third kappa shape index (κ3) is 3.57. The van der Waals surface area contributed by atoms with Crippen LogP contribution in [0.15, 0.2) is 39.3 Å². The Labute approximate surface area is 110 Å². The molecule has 0 aliphatic rings. The van der Waals surface area contributed by atoms with Gasteiger partial charge in [0.05, 0.1) is 4.90 Å². The average Bonchev–Trinajstić information content (AvgIpc) is 2.15. The second kappa shape index (κ2) is 4.75. The number of rotatable bonds is 2. The maximum absolute atomic E-state index is 12.5. The Balaban J connectivity index is 3.29. The molecular weight excluding hydrogens is 270 g/mol. The second-order valence-electron chi connectivity index (χ2n) is 5.67. The van der Waals surface area contributed by atoms with E-state index >= 15 is 0 Å². The highest BCUT2D eigenvalue weighted by Gasteiger charge is 2.37. The second-order valence-corrected chi connectivity index (χ2v) is 13.7. The first kappa shape index (κ1) is 14.7. The lowest BCUT2D eigenvalue weighted by Crippen LogP contribution is -2.35. The van der Waals surface area contributed by atoms with Crippen molar-refractivity contribution in [1.29, 1.82) is 0 Å². The summed E-state index contributed by atoms with van der Waals surface area (Å²) in [4.78, 5) is 0.603. The molecule has 17 heavy (non-hydrogen) atoms. The smallest absolute Gasteiger partial charge is 0.194 e. The van der Waals surface area contributed by atoms with Crippen LogP contribution in [0.3, 0.4) is 0 Å². The molecule has 0 radical (unpaired) electrons. The zero-order valence-corrected chi connectivity index (χ0v) is 13.6. The number of hydrogen-bond donors (Lipinski definition) is 0. The molecule has 0 spiro atoms. The quantitative estimate of drug-likeness (QED) is 0.574. The molecule has 0 aliphatic carbocycles. The first-order valence-electron chi connectivity index (χ1n) is 5.59. The summed E-state index contributed by atoms with van der Waals surface area (Å²) in [5, 5.41) is 0.0410. The van der Waals surface area contributed by atoms with Crippen LogP contribution in [0.2, 0.25) is 18.1 Å². The summed E-state index contributed by atoms with van der Waals surface area (Å²) in [6.45, 7) is 10.6. The fourth-order valence-corrected chi connectivity index (χ4v) is 7.29. The number of halogens is 1. The van der Waals surface area contributed by atoms with Crippen molar-refractivity contribution < 1.29 is 4.21 Å². The minimum atomic E-state index is -2.79. The maximum atomic E-state index is 12.5. The van der Waals surface area contributed by atoms with E-state index in [4.69, 9.17) is 10.7 Å². The van der Waals surface area contributed by atoms with Crippen molar-refractivity contribution in [1.82, 2.24) is 0 Å². The van der Waals surface area contributed by atoms with Gasteiger partial charge in [-0.25, -0.2) is 4.21 Å². The summed E-state index contributed by atoms with van der Waals surface area (Å²) in [6.07, 6.45) is 0. The lowest BCUT2D eigenvalue weighted by molar-refractivity contribution is 0.683. The Morgan fingerprint density at radius 1 is 1.18 bits per heavy atom. The molecule has 1 unspecified atom stereocenters. The van der Waals surface area contributed by atoms with Gasteiger partial charge in [-0.2, -0.15) is 0 Å². The van der Waals surface area contributed by atoms with Crippen molar-refractivity contribution in [2.45, 2.75) is 43.8 Å². The number of benzene rings is 1. The fourth-order valence-electron chi connectivity index (χ4n) is 1.07. The molecule has 1 atom stereocenters. The van der Waals surface area contributed by atoms with Gasteiger partial charge < -0.3 is 0 Å². The average molecular weight is 290 g/mol. The topological polar surface area (TPSA) is 29.4 Å². The fraction of sp³-hybridized carbons (Fsp3) is 0.500. The van der Waals surface area contributed by atoms with Crippen LogP contribution in [0.4, 0.5) is 0 Å². The number of hydrogen-bond acceptors (Lipinski definition) is 2. The van der Waals surface area contributed by atoms with E-state index < -0.39 is 17.2 Å². The van der Waals surface area contributed by atoms with Gasteiger partial charge in [-0.1, -0.05) is 39.0 Å². The Bertz CT molecular complexity index is 499. The molecule has 0 N–H and O–H groups in total. The molecule has 0 aliphatic heterocycles. The van der Waals surface area contributed by atoms with Crippen LogP contribution in [0, 0.1) is 0 Å². The molecule has 0 aromatic heterocycles. The van der Waals surface area contributed by atoms with Gasteiger partial charge in [0.2, 0.25) is 0 Å². The summed E-state index contributed by atoms with van der Waals surface area (Å²) in [6, 6.07) is 9.08. The van der Waals surface area contributed by atoms with Crippen molar-refractivity contribution >= 4 is 27.9 Å². The molecule has 1 aromatic carbocycles. The maximum Gasteiger partial charge on any atom is 0.194 e. The van der Waals surface area contributed by atoms with Gasteiger partial charge in [0.15, 0.2) is 17.2 Å². The normalized spacial score (nSPS) is 16.4. The summed E-state index contributed by atoms with van der Waals surface area (Å²) >= 11 is 0. The predicted molar refractivity (Wildman–Crippen MR) is 78.3 cm³/mol. The zero-order chi connectivity index (χ0) is 13.3. The van der Waals surface area contributed by atoms with E-state index in [1.165, 1.54) is 0 Å². The largest absolute Gasteiger partial charge is 0.261 e. The van der Waals surface area contributed by atoms with Crippen LogP contribution in [0.1, 0.15) is 20.8 Å². The SMILES string of the molecule is CC(C)(C)[Si](C)(C)N=S(=O)(Cl)c1ccccc1. The van der Waals surface area contributed by atoms with Crippen molar-refractivity contribution in [2.75, 3.05) is 0 Å². The van der Waals surface area contributed by atoms with Gasteiger partial charge in [0.1, 0.15) is 0 Å². The van der Waals surface area contributed by atoms with Gasteiger partial charge in [0.25, 0.3) is 0 Å². The molecule has 0 fully saturated rings. The Kier molecular flexibility index (Phi) is 4.11. The highest BCUT2D eigenvalue weighted by atomic mass is 35.7. The monoisotopic (exact) mass is 289 g/mol. The molecule has 2 nitrogen and oxygen atoms in total. The van der Waals surface area contributed by atoms with Crippen LogP contribution < -0.4 is 0 Å². The Morgan fingerprint density at radius 2 is 1.65 bits per heavy atom. The molecule has 1 aromatic rings. The van der Waals surface area contributed by atoms with E-state index in [0.717, 1.165) is 0 Å². The van der Waals surface area contributed by atoms with Crippen molar-refractivity contribution in [3.63, 3.8) is 0 Å². The van der Waals surface area contributed by atoms with Crippen molar-refractivity contribution in [3.05, 3.63) is 30.3 Å². The van der Waals surface area contributed by atoms with Crippen LogP contribution in [-0.4, -0.2) is 12.4 Å². The Hall–Kier alpha value is -0.323. The highest BCUT2D eigenvalue weighted by molar-refractivity contribution is 8.16. The predicted octanol–water partition coefficient (Wildman–Crippen LogP) is 4.67. The van der Waals surface area contributed by atoms with Crippen molar-refractivity contribution in [2.24, 2.45) is 4.03 Å². The van der Waals surface area contributed by atoms with Crippen LogP contribution in [0.25, 0.3) is 0 Å². The summed E-state index contributed by atoms with van der Waals surface area (Å²) in [7, 11) is 1.35.